The van der Waals surface area contributed by atoms with Crippen LogP contribution < -0.4 is 4.74 Å². The number of rotatable bonds is 4. The molecule has 30 heavy (non-hydrogen) atoms. The number of ether oxygens (including phenoxy) is 1. The summed E-state index contributed by atoms with van der Waals surface area (Å²) in [4.78, 5) is 20.4. The van der Waals surface area contributed by atoms with Crippen molar-refractivity contribution in [3.05, 3.63) is 66.2 Å². The molecule has 7 nitrogen and oxygen atoms in total. The lowest BCUT2D eigenvalue weighted by molar-refractivity contribution is 0.0589. The lowest BCUT2D eigenvalue weighted by atomic mass is 10.1. The molecule has 1 saturated heterocycles. The Hall–Kier alpha value is -3.33. The van der Waals surface area contributed by atoms with Gasteiger partial charge in [-0.3, -0.25) is 4.79 Å². The molecule has 9 heteroatoms. The molecule has 0 N–H and O–H groups in total. The van der Waals surface area contributed by atoms with E-state index in [4.69, 9.17) is 4.74 Å². The maximum Gasteiger partial charge on any atom is 0.276 e. The van der Waals surface area contributed by atoms with E-state index >= 15 is 0 Å². The third-order valence-corrected chi connectivity index (χ3v) is 5.93. The van der Waals surface area contributed by atoms with E-state index in [9.17, 15) is 9.18 Å². The van der Waals surface area contributed by atoms with Gasteiger partial charge in [0.25, 0.3) is 11.1 Å². The van der Waals surface area contributed by atoms with E-state index in [1.165, 1.54) is 34.5 Å². The minimum Gasteiger partial charge on any atom is -0.467 e. The molecule has 0 saturated carbocycles. The normalized spacial score (nSPS) is 14.9. The van der Waals surface area contributed by atoms with E-state index in [0.717, 1.165) is 15.9 Å². The zero-order chi connectivity index (χ0) is 20.5. The van der Waals surface area contributed by atoms with Gasteiger partial charge in [-0.2, -0.15) is 9.90 Å². The number of para-hydroxylation sites is 1. The molecule has 0 spiro atoms. The van der Waals surface area contributed by atoms with Crippen molar-refractivity contribution in [3.63, 3.8) is 0 Å². The number of halogens is 1. The van der Waals surface area contributed by atoms with Gasteiger partial charge in [0.05, 0.1) is 22.1 Å². The molecule has 1 fully saturated rings. The zero-order valence-electron chi connectivity index (χ0n) is 15.9. The van der Waals surface area contributed by atoms with Crippen LogP contribution in [0.5, 0.6) is 5.19 Å². The molecule has 2 aromatic carbocycles. The number of aromatic nitrogens is 4. The van der Waals surface area contributed by atoms with Crippen LogP contribution in [0.15, 0.2) is 54.7 Å². The van der Waals surface area contributed by atoms with Gasteiger partial charge in [0, 0.05) is 25.9 Å². The van der Waals surface area contributed by atoms with E-state index in [1.807, 2.05) is 30.3 Å². The minimum absolute atomic E-state index is 0.0283. The third kappa shape index (κ3) is 3.76. The number of hydrogen-bond acceptors (Lipinski definition) is 6. The Kier molecular flexibility index (Phi) is 4.88. The largest absolute Gasteiger partial charge is 0.467 e. The van der Waals surface area contributed by atoms with Crippen molar-refractivity contribution in [2.45, 2.75) is 18.9 Å². The highest BCUT2D eigenvalue weighted by molar-refractivity contribution is 7.20. The Morgan fingerprint density at radius 3 is 2.73 bits per heavy atom. The molecule has 3 heterocycles. The first-order chi connectivity index (χ1) is 14.7. The first-order valence-corrected chi connectivity index (χ1v) is 10.5. The van der Waals surface area contributed by atoms with Gasteiger partial charge in [-0.05, 0) is 30.3 Å². The van der Waals surface area contributed by atoms with Crippen molar-refractivity contribution in [2.24, 2.45) is 0 Å². The van der Waals surface area contributed by atoms with Crippen LogP contribution in [0, 0.1) is 5.82 Å². The summed E-state index contributed by atoms with van der Waals surface area (Å²) in [5.74, 6) is -0.417. The number of nitrogens with zero attached hydrogens (tertiary/aromatic N) is 5. The predicted octanol–water partition coefficient (Wildman–Crippen LogP) is 3.70. The molecule has 1 aliphatic rings. The van der Waals surface area contributed by atoms with Gasteiger partial charge in [-0.1, -0.05) is 29.5 Å². The first-order valence-electron chi connectivity index (χ1n) is 9.65. The average molecular weight is 423 g/mol. The topological polar surface area (TPSA) is 73.1 Å². The van der Waals surface area contributed by atoms with Crippen LogP contribution in [-0.2, 0) is 0 Å². The first kappa shape index (κ1) is 18.7. The van der Waals surface area contributed by atoms with Gasteiger partial charge in [-0.25, -0.2) is 9.37 Å². The molecular formula is C21H18FN5O2S. The number of piperidine rings is 1. The Balaban J connectivity index is 1.20. The molecular weight excluding hydrogens is 405 g/mol. The van der Waals surface area contributed by atoms with Crippen molar-refractivity contribution in [1.82, 2.24) is 24.9 Å². The molecule has 0 aliphatic carbocycles. The van der Waals surface area contributed by atoms with Gasteiger partial charge >= 0.3 is 0 Å². The summed E-state index contributed by atoms with van der Waals surface area (Å²) in [6.07, 6.45) is 2.86. The highest BCUT2D eigenvalue weighted by Crippen LogP contribution is 2.30. The Labute approximate surface area is 175 Å². The number of hydrogen-bond donors (Lipinski definition) is 0. The fourth-order valence-electron chi connectivity index (χ4n) is 3.46. The molecule has 152 valence electrons. The lowest BCUT2D eigenvalue weighted by Crippen LogP contribution is -2.42. The Bertz CT molecular complexity index is 1180. The number of likely N-dealkylation sites (tertiary alicyclic amines) is 1. The Morgan fingerprint density at radius 2 is 1.93 bits per heavy atom. The smallest absolute Gasteiger partial charge is 0.276 e. The quantitative estimate of drug-likeness (QED) is 0.500. The maximum atomic E-state index is 13.4. The second kappa shape index (κ2) is 7.83. The van der Waals surface area contributed by atoms with E-state index in [2.05, 4.69) is 15.2 Å². The van der Waals surface area contributed by atoms with E-state index in [0.29, 0.717) is 36.8 Å². The summed E-state index contributed by atoms with van der Waals surface area (Å²) in [5.41, 5.74) is 1.86. The van der Waals surface area contributed by atoms with Crippen LogP contribution in [0.3, 0.4) is 0 Å². The van der Waals surface area contributed by atoms with Crippen molar-refractivity contribution >= 4 is 27.5 Å². The number of carbonyl (C=O) groups excluding carboxylic acids is 1. The number of carbonyl (C=O) groups is 1. The number of benzene rings is 2. The van der Waals surface area contributed by atoms with Crippen LogP contribution in [0.2, 0.25) is 0 Å². The van der Waals surface area contributed by atoms with Gasteiger partial charge in [-0.15, -0.1) is 5.10 Å². The molecule has 0 unspecified atom stereocenters. The zero-order valence-corrected chi connectivity index (χ0v) is 16.8. The fourth-order valence-corrected chi connectivity index (χ4v) is 4.36. The van der Waals surface area contributed by atoms with E-state index < -0.39 is 0 Å². The second-order valence-electron chi connectivity index (χ2n) is 7.06. The van der Waals surface area contributed by atoms with Crippen LogP contribution >= 0.6 is 11.3 Å². The summed E-state index contributed by atoms with van der Waals surface area (Å²) in [7, 11) is 0. The maximum absolute atomic E-state index is 13.4. The van der Waals surface area contributed by atoms with Crippen molar-refractivity contribution < 1.29 is 13.9 Å². The summed E-state index contributed by atoms with van der Waals surface area (Å²) in [6, 6.07) is 14.0. The predicted molar refractivity (Wildman–Crippen MR) is 110 cm³/mol. The molecule has 5 rings (SSSR count). The fraction of sp³-hybridized carbons (Fsp3) is 0.238. The molecule has 1 amide bonds. The molecule has 0 atom stereocenters. The van der Waals surface area contributed by atoms with Gasteiger partial charge in [0.2, 0.25) is 0 Å². The van der Waals surface area contributed by atoms with Gasteiger partial charge < -0.3 is 9.64 Å². The van der Waals surface area contributed by atoms with Crippen molar-refractivity contribution in [2.75, 3.05) is 13.1 Å². The highest BCUT2D eigenvalue weighted by atomic mass is 32.1. The third-order valence-electron chi connectivity index (χ3n) is 5.03. The summed E-state index contributed by atoms with van der Waals surface area (Å²) in [5, 5.41) is 9.05. The van der Waals surface area contributed by atoms with Crippen LogP contribution in [-0.4, -0.2) is 50.0 Å². The number of amides is 1. The van der Waals surface area contributed by atoms with E-state index in [-0.39, 0.29) is 17.8 Å². The summed E-state index contributed by atoms with van der Waals surface area (Å²) >= 11 is 1.33. The highest BCUT2D eigenvalue weighted by Gasteiger charge is 2.27. The van der Waals surface area contributed by atoms with Crippen molar-refractivity contribution in [3.8, 4) is 10.9 Å². The number of fused-ring (bicyclic) bond motifs is 1. The second-order valence-corrected chi connectivity index (χ2v) is 8.05. The van der Waals surface area contributed by atoms with E-state index in [1.54, 1.807) is 11.0 Å². The van der Waals surface area contributed by atoms with Gasteiger partial charge in [0.1, 0.15) is 11.9 Å². The monoisotopic (exact) mass is 423 g/mol. The minimum atomic E-state index is -0.284. The summed E-state index contributed by atoms with van der Waals surface area (Å²) in [6.45, 7) is 1.14. The molecule has 1 aliphatic heterocycles. The summed E-state index contributed by atoms with van der Waals surface area (Å²) < 4.78 is 20.1. The Morgan fingerprint density at radius 1 is 1.13 bits per heavy atom. The average Bonchev–Trinajstić information content (AvgIpc) is 3.41. The number of thiazole rings is 1. The molecule has 4 aromatic rings. The SMILES string of the molecule is O=C(c1cnn(-c2ccccc2)n1)N1CCC(Oc2nc3ccc(F)cc3s2)CC1. The van der Waals surface area contributed by atoms with Crippen LogP contribution in [0.4, 0.5) is 4.39 Å². The van der Waals surface area contributed by atoms with Gasteiger partial charge in [0.15, 0.2) is 5.69 Å². The molecule has 2 aromatic heterocycles. The van der Waals surface area contributed by atoms with Crippen LogP contribution in [0.25, 0.3) is 15.9 Å². The molecule has 0 radical (unpaired) electrons. The van der Waals surface area contributed by atoms with Crippen LogP contribution in [0.1, 0.15) is 23.3 Å². The molecule has 0 bridgehead atoms. The lowest BCUT2D eigenvalue weighted by Gasteiger charge is -2.31. The standard InChI is InChI=1S/C21H18FN5O2S/c22-14-6-7-17-19(12-14)30-21(24-17)29-16-8-10-26(11-9-16)20(28)18-13-23-27(25-18)15-4-2-1-3-5-15/h1-7,12-13,16H,8-11H2. The van der Waals surface area contributed by atoms with Crippen molar-refractivity contribution in [1.29, 1.82) is 0 Å².